The van der Waals surface area contributed by atoms with E-state index in [0.29, 0.717) is 0 Å². The van der Waals surface area contributed by atoms with Crippen molar-refractivity contribution in [1.29, 1.82) is 0 Å². The van der Waals surface area contributed by atoms with Gasteiger partial charge in [0.15, 0.2) is 0 Å². The molecule has 0 amide bonds. The Morgan fingerprint density at radius 1 is 1.12 bits per heavy atom. The standard InChI is InChI=1S/C22H24FNO2/c23-16-6-5-15-9-14-3-1-2-4-19(14)21-11-18(26-22(21)20(15)10-16)13-24-8-7-17(25)12-24/h1-6,10,17-18,21-22,25H,7-9,11-13H2/t17?,18-,21-,22+/m1/s1. The number of rotatable bonds is 2. The van der Waals surface area contributed by atoms with E-state index in [-0.39, 0.29) is 30.0 Å². The molecule has 0 saturated carbocycles. The molecule has 2 aliphatic heterocycles. The summed E-state index contributed by atoms with van der Waals surface area (Å²) in [5, 5.41) is 9.78. The van der Waals surface area contributed by atoms with Gasteiger partial charge in [-0.2, -0.15) is 0 Å². The van der Waals surface area contributed by atoms with Crippen LogP contribution in [0.3, 0.4) is 0 Å². The Morgan fingerprint density at radius 2 is 1.96 bits per heavy atom. The number of halogens is 1. The highest BCUT2D eigenvalue weighted by Crippen LogP contribution is 2.49. The first-order valence-corrected chi connectivity index (χ1v) is 9.59. The van der Waals surface area contributed by atoms with Gasteiger partial charge in [-0.05, 0) is 53.6 Å². The summed E-state index contributed by atoms with van der Waals surface area (Å²) in [4.78, 5) is 2.29. The quantitative estimate of drug-likeness (QED) is 0.898. The van der Waals surface area contributed by atoms with Crippen LogP contribution in [0.15, 0.2) is 42.5 Å². The molecule has 0 bridgehead atoms. The Kier molecular flexibility index (Phi) is 4.07. The fourth-order valence-electron chi connectivity index (χ4n) is 4.98. The van der Waals surface area contributed by atoms with Gasteiger partial charge in [-0.1, -0.05) is 30.3 Å². The van der Waals surface area contributed by atoms with Gasteiger partial charge in [-0.25, -0.2) is 4.39 Å². The average Bonchev–Trinajstić information content (AvgIpc) is 3.20. The molecule has 1 unspecified atom stereocenters. The zero-order valence-electron chi connectivity index (χ0n) is 14.8. The molecule has 4 atom stereocenters. The predicted octanol–water partition coefficient (Wildman–Crippen LogP) is 3.41. The molecule has 1 N–H and O–H groups in total. The molecule has 4 heteroatoms. The molecule has 2 aromatic rings. The van der Waals surface area contributed by atoms with E-state index in [4.69, 9.17) is 4.74 Å². The van der Waals surface area contributed by atoms with Crippen molar-refractivity contribution in [1.82, 2.24) is 4.90 Å². The van der Waals surface area contributed by atoms with Crippen LogP contribution in [0.25, 0.3) is 0 Å². The largest absolute Gasteiger partial charge is 0.392 e. The van der Waals surface area contributed by atoms with Crippen molar-refractivity contribution in [2.45, 2.75) is 43.5 Å². The molecule has 2 saturated heterocycles. The first kappa shape index (κ1) is 16.4. The summed E-state index contributed by atoms with van der Waals surface area (Å²) in [6.07, 6.45) is 2.46. The second-order valence-corrected chi connectivity index (χ2v) is 7.94. The van der Waals surface area contributed by atoms with Crippen molar-refractivity contribution in [2.24, 2.45) is 0 Å². The summed E-state index contributed by atoms with van der Waals surface area (Å²) >= 11 is 0. The Bertz CT molecular complexity index is 824. The van der Waals surface area contributed by atoms with Gasteiger partial charge in [-0.3, -0.25) is 4.90 Å². The summed E-state index contributed by atoms with van der Waals surface area (Å²) in [6, 6.07) is 13.7. The SMILES string of the molecule is OC1CCN(C[C@H]2C[C@@H]3c4ccccc4Cc4ccc(F)cc4[C@@H]3O2)C1. The molecule has 2 heterocycles. The van der Waals surface area contributed by atoms with E-state index in [1.54, 1.807) is 12.1 Å². The number of benzene rings is 2. The number of aliphatic hydroxyl groups excluding tert-OH is 1. The topological polar surface area (TPSA) is 32.7 Å². The van der Waals surface area contributed by atoms with E-state index in [2.05, 4.69) is 29.2 Å². The van der Waals surface area contributed by atoms with Crippen LogP contribution in [-0.4, -0.2) is 41.8 Å². The number of fused-ring (bicyclic) bond motifs is 5. The Hall–Kier alpha value is -1.75. The maximum atomic E-state index is 14.0. The van der Waals surface area contributed by atoms with Gasteiger partial charge in [-0.15, -0.1) is 0 Å². The van der Waals surface area contributed by atoms with Gasteiger partial charge in [0.1, 0.15) is 5.82 Å². The first-order chi connectivity index (χ1) is 12.7. The molecule has 3 aliphatic rings. The number of hydrogen-bond donors (Lipinski definition) is 1. The van der Waals surface area contributed by atoms with Crippen LogP contribution >= 0.6 is 0 Å². The van der Waals surface area contributed by atoms with E-state index >= 15 is 0 Å². The van der Waals surface area contributed by atoms with Gasteiger partial charge in [0.05, 0.1) is 18.3 Å². The molecular weight excluding hydrogens is 329 g/mol. The van der Waals surface area contributed by atoms with Crippen molar-refractivity contribution in [3.63, 3.8) is 0 Å². The number of ether oxygens (including phenoxy) is 1. The molecule has 1 aliphatic carbocycles. The Labute approximate surface area is 153 Å². The third-order valence-electron chi connectivity index (χ3n) is 6.18. The van der Waals surface area contributed by atoms with Gasteiger partial charge >= 0.3 is 0 Å². The molecule has 2 aromatic carbocycles. The lowest BCUT2D eigenvalue weighted by Gasteiger charge is -2.21. The van der Waals surface area contributed by atoms with E-state index in [1.165, 1.54) is 16.7 Å². The van der Waals surface area contributed by atoms with Gasteiger partial charge < -0.3 is 9.84 Å². The minimum atomic E-state index is -0.211. The van der Waals surface area contributed by atoms with Crippen LogP contribution in [0, 0.1) is 5.82 Å². The predicted molar refractivity (Wildman–Crippen MR) is 97.7 cm³/mol. The van der Waals surface area contributed by atoms with Gasteiger partial charge in [0.25, 0.3) is 0 Å². The number of β-amino-alcohol motifs (C(OH)–C–C–N with tert-alkyl or cyclic N) is 1. The minimum absolute atomic E-state index is 0.0816. The van der Waals surface area contributed by atoms with Crippen molar-refractivity contribution >= 4 is 0 Å². The van der Waals surface area contributed by atoms with Crippen LogP contribution < -0.4 is 0 Å². The van der Waals surface area contributed by atoms with Crippen LogP contribution in [0.2, 0.25) is 0 Å². The van der Waals surface area contributed by atoms with Crippen LogP contribution in [-0.2, 0) is 11.2 Å². The highest BCUT2D eigenvalue weighted by atomic mass is 19.1. The maximum absolute atomic E-state index is 14.0. The van der Waals surface area contributed by atoms with Crippen molar-refractivity contribution < 1.29 is 14.2 Å². The minimum Gasteiger partial charge on any atom is -0.392 e. The van der Waals surface area contributed by atoms with Crippen LogP contribution in [0.4, 0.5) is 4.39 Å². The number of hydrogen-bond acceptors (Lipinski definition) is 3. The summed E-state index contributed by atoms with van der Waals surface area (Å²) < 4.78 is 20.5. The van der Waals surface area contributed by atoms with E-state index in [0.717, 1.165) is 44.5 Å². The van der Waals surface area contributed by atoms with E-state index in [9.17, 15) is 9.50 Å². The third-order valence-corrected chi connectivity index (χ3v) is 6.18. The highest BCUT2D eigenvalue weighted by molar-refractivity contribution is 5.45. The van der Waals surface area contributed by atoms with Crippen LogP contribution in [0.1, 0.15) is 47.1 Å². The fraction of sp³-hybridized carbons (Fsp3) is 0.455. The fourth-order valence-corrected chi connectivity index (χ4v) is 4.98. The Balaban J connectivity index is 1.49. The highest BCUT2D eigenvalue weighted by Gasteiger charge is 2.41. The van der Waals surface area contributed by atoms with Gasteiger partial charge in [0, 0.05) is 25.6 Å². The molecule has 5 rings (SSSR count). The van der Waals surface area contributed by atoms with Crippen LogP contribution in [0.5, 0.6) is 0 Å². The molecule has 136 valence electrons. The summed E-state index contributed by atoms with van der Waals surface area (Å²) in [5.74, 6) is 0.0787. The summed E-state index contributed by atoms with van der Waals surface area (Å²) in [6.45, 7) is 2.51. The lowest BCUT2D eigenvalue weighted by molar-refractivity contribution is 0.0211. The normalized spacial score (nSPS) is 30.5. The molecule has 3 nitrogen and oxygen atoms in total. The smallest absolute Gasteiger partial charge is 0.123 e. The number of aliphatic hydroxyl groups is 1. The van der Waals surface area contributed by atoms with E-state index < -0.39 is 0 Å². The second-order valence-electron chi connectivity index (χ2n) is 7.94. The molecule has 26 heavy (non-hydrogen) atoms. The van der Waals surface area contributed by atoms with Crippen molar-refractivity contribution in [3.8, 4) is 0 Å². The monoisotopic (exact) mass is 353 g/mol. The van der Waals surface area contributed by atoms with Crippen molar-refractivity contribution in [2.75, 3.05) is 19.6 Å². The number of likely N-dealkylation sites (tertiary alicyclic amines) is 1. The molecular formula is C22H24FNO2. The van der Waals surface area contributed by atoms with Crippen molar-refractivity contribution in [3.05, 3.63) is 70.5 Å². The summed E-state index contributed by atoms with van der Waals surface area (Å²) in [5.41, 5.74) is 4.85. The third kappa shape index (κ3) is 2.86. The molecule has 0 spiro atoms. The first-order valence-electron chi connectivity index (χ1n) is 9.59. The molecule has 2 fully saturated rings. The lowest BCUT2D eigenvalue weighted by Crippen LogP contribution is -2.31. The average molecular weight is 353 g/mol. The van der Waals surface area contributed by atoms with E-state index in [1.807, 2.05) is 6.07 Å². The zero-order chi connectivity index (χ0) is 17.7. The second kappa shape index (κ2) is 6.45. The molecule has 0 aromatic heterocycles. The Morgan fingerprint density at radius 3 is 2.81 bits per heavy atom. The lowest BCUT2D eigenvalue weighted by atomic mass is 9.87. The van der Waals surface area contributed by atoms with Gasteiger partial charge in [0.2, 0.25) is 0 Å². The molecule has 0 radical (unpaired) electrons. The summed E-state index contributed by atoms with van der Waals surface area (Å²) in [7, 11) is 0. The number of nitrogens with zero attached hydrogens (tertiary/aromatic N) is 1. The zero-order valence-corrected chi connectivity index (χ0v) is 14.8. The maximum Gasteiger partial charge on any atom is 0.123 e.